The number of nitrogens with two attached hydrogens (primary N) is 1. The maximum atomic E-state index is 12.6. The molecule has 0 aromatic heterocycles. The van der Waals surface area contributed by atoms with Crippen molar-refractivity contribution in [3.63, 3.8) is 0 Å². The summed E-state index contributed by atoms with van der Waals surface area (Å²) in [6.45, 7) is -1.24. The summed E-state index contributed by atoms with van der Waals surface area (Å²) in [5.74, 6) is -0.453. The number of nitro benzene ring substituents is 1. The lowest BCUT2D eigenvalue weighted by Crippen LogP contribution is -2.33. The van der Waals surface area contributed by atoms with Crippen LogP contribution in [0.25, 0.3) is 0 Å². The zero-order chi connectivity index (χ0) is 16.0. The van der Waals surface area contributed by atoms with E-state index < -0.39 is 30.3 Å². The molecule has 10 heteroatoms. The van der Waals surface area contributed by atoms with Crippen molar-refractivity contribution in [2.24, 2.45) is 10.9 Å². The molecule has 0 aliphatic carbocycles. The Morgan fingerprint density at radius 2 is 2.19 bits per heavy atom. The SMILES string of the molecule is N/C(=N/O)c1cc([N+](=O)[O-])ccc1N(CCO)CC(F)F. The summed E-state index contributed by atoms with van der Waals surface area (Å²) in [5, 5.41) is 31.1. The predicted molar refractivity (Wildman–Crippen MR) is 70.9 cm³/mol. The number of hydrogen-bond donors (Lipinski definition) is 3. The second-order valence-electron chi connectivity index (χ2n) is 4.00. The van der Waals surface area contributed by atoms with Gasteiger partial charge in [-0.2, -0.15) is 0 Å². The Hall–Kier alpha value is -2.49. The van der Waals surface area contributed by atoms with E-state index in [2.05, 4.69) is 5.16 Å². The van der Waals surface area contributed by atoms with E-state index in [-0.39, 0.29) is 23.5 Å². The number of rotatable bonds is 7. The van der Waals surface area contributed by atoms with Crippen LogP contribution in [0.1, 0.15) is 5.56 Å². The van der Waals surface area contributed by atoms with Crippen molar-refractivity contribution in [3.8, 4) is 0 Å². The molecular weight excluding hydrogens is 290 g/mol. The van der Waals surface area contributed by atoms with Crippen molar-refractivity contribution in [3.05, 3.63) is 33.9 Å². The highest BCUT2D eigenvalue weighted by molar-refractivity contribution is 6.02. The summed E-state index contributed by atoms with van der Waals surface area (Å²) in [5.41, 5.74) is 5.13. The van der Waals surface area contributed by atoms with Crippen LogP contribution in [0, 0.1) is 10.1 Å². The van der Waals surface area contributed by atoms with E-state index in [0.717, 1.165) is 17.0 Å². The van der Waals surface area contributed by atoms with Crippen molar-refractivity contribution in [2.45, 2.75) is 6.43 Å². The third-order valence-electron chi connectivity index (χ3n) is 2.64. The molecule has 1 aromatic rings. The molecule has 0 aliphatic rings. The minimum Gasteiger partial charge on any atom is -0.409 e. The molecule has 0 aliphatic heterocycles. The van der Waals surface area contributed by atoms with Gasteiger partial charge in [0.2, 0.25) is 0 Å². The van der Waals surface area contributed by atoms with Crippen LogP contribution < -0.4 is 10.6 Å². The minimum atomic E-state index is -2.69. The standard InChI is InChI=1S/C11H14F2N4O4/c12-10(13)6-16(3-4-18)9-2-1-7(17(20)21)5-8(9)11(14)15-19/h1-2,5,10,18-19H,3-4,6H2,(H2,14,15). The highest BCUT2D eigenvalue weighted by Crippen LogP contribution is 2.26. The molecule has 4 N–H and O–H groups in total. The number of amidine groups is 1. The molecule has 0 saturated carbocycles. The van der Waals surface area contributed by atoms with Gasteiger partial charge >= 0.3 is 0 Å². The minimum absolute atomic E-state index is 0.0687. The molecule has 1 rings (SSSR count). The monoisotopic (exact) mass is 304 g/mol. The van der Waals surface area contributed by atoms with Gasteiger partial charge in [0.1, 0.15) is 0 Å². The third kappa shape index (κ3) is 4.24. The average molecular weight is 304 g/mol. The van der Waals surface area contributed by atoms with Crippen LogP contribution in [0.3, 0.4) is 0 Å². The molecule has 0 amide bonds. The van der Waals surface area contributed by atoms with Gasteiger partial charge in [-0.3, -0.25) is 10.1 Å². The number of alkyl halides is 2. The molecule has 0 atom stereocenters. The van der Waals surface area contributed by atoms with Crippen LogP contribution in [0.4, 0.5) is 20.2 Å². The second-order valence-corrected chi connectivity index (χ2v) is 4.00. The van der Waals surface area contributed by atoms with Gasteiger partial charge in [0.05, 0.1) is 23.6 Å². The molecule has 8 nitrogen and oxygen atoms in total. The first-order valence-electron chi connectivity index (χ1n) is 5.81. The molecule has 116 valence electrons. The summed E-state index contributed by atoms with van der Waals surface area (Å²) in [6.07, 6.45) is -2.69. The summed E-state index contributed by atoms with van der Waals surface area (Å²) in [6, 6.07) is 3.34. The molecule has 0 unspecified atom stereocenters. The molecule has 21 heavy (non-hydrogen) atoms. The number of non-ortho nitro benzene ring substituents is 1. The van der Waals surface area contributed by atoms with Crippen LogP contribution in [0.2, 0.25) is 0 Å². The summed E-state index contributed by atoms with van der Waals surface area (Å²) < 4.78 is 25.1. The Labute approximate surface area is 118 Å². The van der Waals surface area contributed by atoms with E-state index >= 15 is 0 Å². The molecule has 0 heterocycles. The molecule has 1 aromatic carbocycles. The van der Waals surface area contributed by atoms with Crippen molar-refractivity contribution in [2.75, 3.05) is 24.6 Å². The van der Waals surface area contributed by atoms with Gasteiger partial charge < -0.3 is 20.9 Å². The van der Waals surface area contributed by atoms with Crippen molar-refractivity contribution < 1.29 is 24.0 Å². The largest absolute Gasteiger partial charge is 0.409 e. The first-order valence-corrected chi connectivity index (χ1v) is 5.81. The van der Waals surface area contributed by atoms with Gasteiger partial charge in [-0.1, -0.05) is 5.16 Å². The average Bonchev–Trinajstić information content (AvgIpc) is 2.44. The lowest BCUT2D eigenvalue weighted by atomic mass is 10.1. The molecule has 0 radical (unpaired) electrons. The fourth-order valence-corrected chi connectivity index (χ4v) is 1.77. The van der Waals surface area contributed by atoms with Crippen molar-refractivity contribution in [1.82, 2.24) is 0 Å². The van der Waals surface area contributed by atoms with E-state index in [4.69, 9.17) is 16.0 Å². The van der Waals surface area contributed by atoms with E-state index in [1.54, 1.807) is 0 Å². The molecule has 0 saturated heterocycles. The van der Waals surface area contributed by atoms with Crippen molar-refractivity contribution >= 4 is 17.2 Å². The van der Waals surface area contributed by atoms with Gasteiger partial charge in [0.25, 0.3) is 12.1 Å². The van der Waals surface area contributed by atoms with Gasteiger partial charge in [-0.15, -0.1) is 0 Å². The maximum absolute atomic E-state index is 12.6. The van der Waals surface area contributed by atoms with E-state index in [1.807, 2.05) is 0 Å². The van der Waals surface area contributed by atoms with Crippen LogP contribution in [0.15, 0.2) is 23.4 Å². The van der Waals surface area contributed by atoms with Gasteiger partial charge in [-0.05, 0) is 6.07 Å². The summed E-state index contributed by atoms with van der Waals surface area (Å²) in [4.78, 5) is 11.1. The molecule has 0 bridgehead atoms. The number of nitrogens with zero attached hydrogens (tertiary/aromatic N) is 3. The first-order chi connectivity index (χ1) is 9.90. The molecule has 0 spiro atoms. The zero-order valence-electron chi connectivity index (χ0n) is 10.8. The Kier molecular flexibility index (Phi) is 5.79. The quantitative estimate of drug-likeness (QED) is 0.224. The predicted octanol–water partition coefficient (Wildman–Crippen LogP) is 0.753. The van der Waals surface area contributed by atoms with Gasteiger partial charge in [-0.25, -0.2) is 8.78 Å². The Bertz CT molecular complexity index is 539. The number of hydrogen-bond acceptors (Lipinski definition) is 6. The number of nitro groups is 1. The van der Waals surface area contributed by atoms with Crippen LogP contribution in [-0.4, -0.2) is 47.2 Å². The summed E-state index contributed by atoms with van der Waals surface area (Å²) >= 11 is 0. The van der Waals surface area contributed by atoms with Crippen molar-refractivity contribution in [1.29, 1.82) is 0 Å². The van der Waals surface area contributed by atoms with Gasteiger partial charge in [0.15, 0.2) is 5.84 Å². The molecular formula is C11H14F2N4O4. The first kappa shape index (κ1) is 16.6. The second kappa shape index (κ2) is 7.33. The van der Waals surface area contributed by atoms with Crippen LogP contribution >= 0.6 is 0 Å². The normalized spacial score (nSPS) is 11.7. The Morgan fingerprint density at radius 1 is 1.52 bits per heavy atom. The lowest BCUT2D eigenvalue weighted by molar-refractivity contribution is -0.384. The number of aliphatic hydroxyl groups excluding tert-OH is 1. The highest BCUT2D eigenvalue weighted by atomic mass is 19.3. The Morgan fingerprint density at radius 3 is 2.67 bits per heavy atom. The van der Waals surface area contributed by atoms with E-state index in [9.17, 15) is 18.9 Å². The Balaban J connectivity index is 3.34. The highest BCUT2D eigenvalue weighted by Gasteiger charge is 2.20. The van der Waals surface area contributed by atoms with Crippen LogP contribution in [-0.2, 0) is 0 Å². The third-order valence-corrected chi connectivity index (χ3v) is 2.64. The van der Waals surface area contributed by atoms with E-state index in [1.165, 1.54) is 6.07 Å². The number of benzene rings is 1. The maximum Gasteiger partial charge on any atom is 0.270 e. The smallest absolute Gasteiger partial charge is 0.270 e. The number of anilines is 1. The lowest BCUT2D eigenvalue weighted by Gasteiger charge is -2.25. The number of aliphatic hydroxyl groups is 1. The fourth-order valence-electron chi connectivity index (χ4n) is 1.77. The molecule has 0 fully saturated rings. The van der Waals surface area contributed by atoms with Crippen LogP contribution in [0.5, 0.6) is 0 Å². The van der Waals surface area contributed by atoms with E-state index in [0.29, 0.717) is 0 Å². The number of oxime groups is 1. The number of halogens is 2. The fraction of sp³-hybridized carbons (Fsp3) is 0.364. The topological polar surface area (TPSA) is 125 Å². The van der Waals surface area contributed by atoms with Gasteiger partial charge in [0, 0.05) is 24.4 Å². The summed E-state index contributed by atoms with van der Waals surface area (Å²) in [7, 11) is 0. The zero-order valence-corrected chi connectivity index (χ0v) is 10.8.